The molecular formula is C9H7BrClFO2. The van der Waals surface area contributed by atoms with Gasteiger partial charge in [-0.25, -0.2) is 9.18 Å². The number of esters is 1. The predicted molar refractivity (Wildman–Crippen MR) is 55.4 cm³/mol. The summed E-state index contributed by atoms with van der Waals surface area (Å²) in [6.07, 6.45) is 0. The molecule has 1 aromatic carbocycles. The van der Waals surface area contributed by atoms with Gasteiger partial charge in [0.2, 0.25) is 0 Å². The van der Waals surface area contributed by atoms with Crippen LogP contribution in [0.3, 0.4) is 0 Å². The molecule has 0 amide bonds. The monoisotopic (exact) mass is 280 g/mol. The van der Waals surface area contributed by atoms with Crippen LogP contribution in [0, 0.1) is 5.82 Å². The third-order valence-electron chi connectivity index (χ3n) is 1.70. The summed E-state index contributed by atoms with van der Waals surface area (Å²) in [4.78, 5) is 11.2. The van der Waals surface area contributed by atoms with Gasteiger partial charge in [0.1, 0.15) is 11.4 Å². The highest BCUT2D eigenvalue weighted by Gasteiger charge is 2.19. The summed E-state index contributed by atoms with van der Waals surface area (Å²) in [5, 5.41) is 0.374. The molecule has 0 bridgehead atoms. The van der Waals surface area contributed by atoms with E-state index in [4.69, 9.17) is 11.6 Å². The Morgan fingerprint density at radius 2 is 2.29 bits per heavy atom. The molecule has 0 atom stereocenters. The number of ether oxygens (including phenoxy) is 1. The molecule has 0 heterocycles. The van der Waals surface area contributed by atoms with E-state index < -0.39 is 11.8 Å². The third-order valence-corrected chi connectivity index (χ3v) is 2.62. The second kappa shape index (κ2) is 4.75. The highest BCUT2D eigenvalue weighted by atomic mass is 79.9. The van der Waals surface area contributed by atoms with Crippen LogP contribution in [0.2, 0.25) is 5.02 Å². The molecule has 0 saturated carbocycles. The Labute approximate surface area is 94.1 Å². The van der Waals surface area contributed by atoms with E-state index in [0.717, 1.165) is 0 Å². The van der Waals surface area contributed by atoms with Crippen LogP contribution < -0.4 is 0 Å². The van der Waals surface area contributed by atoms with Crippen molar-refractivity contribution in [2.24, 2.45) is 0 Å². The van der Waals surface area contributed by atoms with Crippen LogP contribution in [-0.2, 0) is 10.1 Å². The van der Waals surface area contributed by atoms with Crippen molar-refractivity contribution in [1.29, 1.82) is 0 Å². The minimum absolute atomic E-state index is 0.0547. The molecule has 0 spiro atoms. The fourth-order valence-electron chi connectivity index (χ4n) is 0.988. The first-order valence-corrected chi connectivity index (χ1v) is 5.23. The number of alkyl halides is 1. The molecule has 76 valence electrons. The first kappa shape index (κ1) is 11.5. The molecule has 0 radical (unpaired) electrons. The average molecular weight is 282 g/mol. The molecule has 0 fully saturated rings. The Morgan fingerprint density at radius 3 is 2.79 bits per heavy atom. The quantitative estimate of drug-likeness (QED) is 0.615. The Kier molecular flexibility index (Phi) is 3.89. The van der Waals surface area contributed by atoms with Crippen molar-refractivity contribution >= 4 is 33.5 Å². The fraction of sp³-hybridized carbons (Fsp3) is 0.222. The number of halogens is 3. The van der Waals surface area contributed by atoms with Crippen molar-refractivity contribution in [3.05, 3.63) is 34.1 Å². The molecule has 0 aliphatic carbocycles. The Balaban J connectivity index is 3.32. The lowest BCUT2D eigenvalue weighted by molar-refractivity contribution is 0.0595. The number of hydrogen-bond acceptors (Lipinski definition) is 2. The molecule has 1 rings (SSSR count). The molecule has 14 heavy (non-hydrogen) atoms. The lowest BCUT2D eigenvalue weighted by Gasteiger charge is -2.06. The lowest BCUT2D eigenvalue weighted by Crippen LogP contribution is -2.07. The van der Waals surface area contributed by atoms with Crippen LogP contribution in [0.1, 0.15) is 15.9 Å². The van der Waals surface area contributed by atoms with Gasteiger partial charge in [0.05, 0.1) is 12.1 Å². The van der Waals surface area contributed by atoms with Crippen LogP contribution in [0.15, 0.2) is 12.1 Å². The van der Waals surface area contributed by atoms with E-state index in [1.807, 2.05) is 0 Å². The van der Waals surface area contributed by atoms with Gasteiger partial charge < -0.3 is 4.74 Å². The van der Waals surface area contributed by atoms with E-state index in [-0.39, 0.29) is 10.6 Å². The van der Waals surface area contributed by atoms with Gasteiger partial charge in [-0.05, 0) is 11.6 Å². The summed E-state index contributed by atoms with van der Waals surface area (Å²) in [5.41, 5.74) is 0.154. The summed E-state index contributed by atoms with van der Waals surface area (Å²) in [6.45, 7) is 0. The molecule has 0 unspecified atom stereocenters. The van der Waals surface area contributed by atoms with E-state index >= 15 is 0 Å². The van der Waals surface area contributed by atoms with E-state index in [2.05, 4.69) is 20.7 Å². The van der Waals surface area contributed by atoms with Crippen molar-refractivity contribution in [3.63, 3.8) is 0 Å². The number of carbonyl (C=O) groups excluding carboxylic acids is 1. The zero-order valence-corrected chi connectivity index (χ0v) is 9.65. The zero-order valence-electron chi connectivity index (χ0n) is 7.31. The second-order valence-electron chi connectivity index (χ2n) is 2.52. The molecule has 0 aliphatic rings. The highest BCUT2D eigenvalue weighted by molar-refractivity contribution is 9.08. The van der Waals surface area contributed by atoms with Gasteiger partial charge in [-0.2, -0.15) is 0 Å². The standard InChI is InChI=1S/C9H7BrClFO2/c1-14-9(13)7-6(11)3-2-5(4-10)8(7)12/h2-3H,4H2,1H3. The minimum atomic E-state index is -0.768. The van der Waals surface area contributed by atoms with Crippen molar-refractivity contribution < 1.29 is 13.9 Å². The van der Waals surface area contributed by atoms with Crippen LogP contribution in [-0.4, -0.2) is 13.1 Å². The molecule has 5 heteroatoms. The van der Waals surface area contributed by atoms with Gasteiger partial charge in [-0.15, -0.1) is 0 Å². The van der Waals surface area contributed by atoms with Crippen LogP contribution in [0.5, 0.6) is 0 Å². The van der Waals surface area contributed by atoms with Gasteiger partial charge in [-0.1, -0.05) is 33.6 Å². The Hall–Kier alpha value is -0.610. The smallest absolute Gasteiger partial charge is 0.342 e. The third kappa shape index (κ3) is 2.07. The summed E-state index contributed by atoms with van der Waals surface area (Å²) in [5.74, 6) is -1.41. The summed E-state index contributed by atoms with van der Waals surface area (Å²) >= 11 is 8.78. The molecular weight excluding hydrogens is 274 g/mol. The topological polar surface area (TPSA) is 26.3 Å². The number of benzene rings is 1. The summed E-state index contributed by atoms with van der Waals surface area (Å²) in [7, 11) is 1.18. The van der Waals surface area contributed by atoms with Gasteiger partial charge >= 0.3 is 5.97 Å². The van der Waals surface area contributed by atoms with Gasteiger partial charge in [0, 0.05) is 5.33 Å². The van der Waals surface area contributed by atoms with Crippen LogP contribution >= 0.6 is 27.5 Å². The van der Waals surface area contributed by atoms with Gasteiger partial charge in [0.15, 0.2) is 0 Å². The maximum absolute atomic E-state index is 13.6. The molecule has 1 aromatic rings. The zero-order chi connectivity index (χ0) is 10.7. The summed E-state index contributed by atoms with van der Waals surface area (Å²) in [6, 6.07) is 2.98. The Bertz CT molecular complexity index is 368. The van der Waals surface area contributed by atoms with E-state index in [1.165, 1.54) is 19.2 Å². The average Bonchev–Trinajstić information content (AvgIpc) is 2.18. The highest BCUT2D eigenvalue weighted by Crippen LogP contribution is 2.24. The number of rotatable bonds is 2. The number of methoxy groups -OCH3 is 1. The fourth-order valence-corrected chi connectivity index (χ4v) is 1.64. The van der Waals surface area contributed by atoms with Crippen LogP contribution in [0.4, 0.5) is 4.39 Å². The number of hydrogen-bond donors (Lipinski definition) is 0. The molecule has 2 nitrogen and oxygen atoms in total. The largest absolute Gasteiger partial charge is 0.465 e. The first-order valence-electron chi connectivity index (χ1n) is 3.73. The molecule has 0 N–H and O–H groups in total. The molecule has 0 saturated heterocycles. The first-order chi connectivity index (χ1) is 6.61. The van der Waals surface area contributed by atoms with Crippen molar-refractivity contribution in [2.45, 2.75) is 5.33 Å². The van der Waals surface area contributed by atoms with Crippen molar-refractivity contribution in [3.8, 4) is 0 Å². The van der Waals surface area contributed by atoms with Crippen molar-refractivity contribution in [2.75, 3.05) is 7.11 Å². The summed E-state index contributed by atoms with van der Waals surface area (Å²) < 4.78 is 18.0. The van der Waals surface area contributed by atoms with Crippen molar-refractivity contribution in [1.82, 2.24) is 0 Å². The minimum Gasteiger partial charge on any atom is -0.465 e. The SMILES string of the molecule is COC(=O)c1c(Cl)ccc(CBr)c1F. The van der Waals surface area contributed by atoms with E-state index in [1.54, 1.807) is 0 Å². The van der Waals surface area contributed by atoms with E-state index in [0.29, 0.717) is 10.9 Å². The maximum atomic E-state index is 13.6. The molecule has 0 aromatic heterocycles. The maximum Gasteiger partial charge on any atom is 0.342 e. The molecule has 0 aliphatic heterocycles. The number of carbonyl (C=O) groups is 1. The predicted octanol–water partition coefficient (Wildman–Crippen LogP) is 3.16. The Morgan fingerprint density at radius 1 is 1.64 bits per heavy atom. The second-order valence-corrected chi connectivity index (χ2v) is 3.49. The van der Waals surface area contributed by atoms with Crippen LogP contribution in [0.25, 0.3) is 0 Å². The van der Waals surface area contributed by atoms with E-state index in [9.17, 15) is 9.18 Å². The lowest BCUT2D eigenvalue weighted by atomic mass is 10.1. The normalized spacial score (nSPS) is 10.0. The van der Waals surface area contributed by atoms with Gasteiger partial charge in [-0.3, -0.25) is 0 Å². The van der Waals surface area contributed by atoms with Gasteiger partial charge in [0.25, 0.3) is 0 Å².